The van der Waals surface area contributed by atoms with Gasteiger partial charge in [-0.25, -0.2) is 4.79 Å². The van der Waals surface area contributed by atoms with E-state index in [0.717, 1.165) is 11.3 Å². The molecule has 21 heavy (non-hydrogen) atoms. The van der Waals surface area contributed by atoms with Crippen molar-refractivity contribution in [3.8, 4) is 6.07 Å². The first-order chi connectivity index (χ1) is 10.2. The molecule has 0 aliphatic carbocycles. The van der Waals surface area contributed by atoms with Crippen molar-refractivity contribution < 1.29 is 9.90 Å². The molecule has 0 aliphatic heterocycles. The van der Waals surface area contributed by atoms with Crippen molar-refractivity contribution in [2.45, 2.75) is 13.0 Å². The van der Waals surface area contributed by atoms with E-state index in [0.29, 0.717) is 19.5 Å². The summed E-state index contributed by atoms with van der Waals surface area (Å²) < 4.78 is 0. The van der Waals surface area contributed by atoms with Gasteiger partial charge in [0.15, 0.2) is 0 Å². The largest absolute Gasteiger partial charge is 0.478 e. The molecular weight excluding hydrogens is 266 g/mol. The fourth-order valence-electron chi connectivity index (χ4n) is 2.01. The van der Waals surface area contributed by atoms with Gasteiger partial charge in [-0.1, -0.05) is 6.07 Å². The van der Waals surface area contributed by atoms with Gasteiger partial charge in [0.25, 0.3) is 0 Å². The van der Waals surface area contributed by atoms with E-state index in [1.165, 1.54) is 0 Å². The number of nitriles is 1. The maximum absolute atomic E-state index is 10.9. The van der Waals surface area contributed by atoms with Crippen molar-refractivity contribution in [3.63, 3.8) is 0 Å². The predicted molar refractivity (Wildman–Crippen MR) is 78.9 cm³/mol. The van der Waals surface area contributed by atoms with Crippen LogP contribution in [0.5, 0.6) is 0 Å². The summed E-state index contributed by atoms with van der Waals surface area (Å²) in [6.07, 6.45) is 3.90. The number of aromatic nitrogens is 1. The average Bonchev–Trinajstić information content (AvgIpc) is 2.52. The highest BCUT2D eigenvalue weighted by molar-refractivity contribution is 5.88. The Balaban J connectivity index is 2.19. The Morgan fingerprint density at radius 2 is 2.05 bits per heavy atom. The normalized spacial score (nSPS) is 9.86. The van der Waals surface area contributed by atoms with Crippen molar-refractivity contribution in [1.82, 2.24) is 4.98 Å². The molecule has 2 aromatic rings. The molecule has 1 N–H and O–H groups in total. The maximum atomic E-state index is 10.9. The first kappa shape index (κ1) is 14.5. The van der Waals surface area contributed by atoms with E-state index in [9.17, 15) is 4.79 Å². The molecule has 1 aromatic carbocycles. The Labute approximate surface area is 123 Å². The lowest BCUT2D eigenvalue weighted by Gasteiger charge is -2.24. The minimum absolute atomic E-state index is 0.250. The minimum atomic E-state index is -0.947. The van der Waals surface area contributed by atoms with Crippen molar-refractivity contribution in [2.24, 2.45) is 0 Å². The summed E-state index contributed by atoms with van der Waals surface area (Å²) in [6.45, 7) is 1.21. The van der Waals surface area contributed by atoms with Crippen LogP contribution in [0.2, 0.25) is 0 Å². The lowest BCUT2D eigenvalue weighted by molar-refractivity contribution is 0.0697. The SMILES string of the molecule is N#CCCN(Cc1cccnc1)c1ccc(C(=O)O)cc1. The van der Waals surface area contributed by atoms with E-state index >= 15 is 0 Å². The van der Waals surface area contributed by atoms with Gasteiger partial charge in [0.05, 0.1) is 18.1 Å². The van der Waals surface area contributed by atoms with Gasteiger partial charge in [-0.2, -0.15) is 5.26 Å². The van der Waals surface area contributed by atoms with Gasteiger partial charge < -0.3 is 10.0 Å². The number of rotatable bonds is 6. The highest BCUT2D eigenvalue weighted by Crippen LogP contribution is 2.18. The quantitative estimate of drug-likeness (QED) is 0.880. The third-order valence-electron chi connectivity index (χ3n) is 3.07. The summed E-state index contributed by atoms with van der Waals surface area (Å²) in [4.78, 5) is 17.0. The van der Waals surface area contributed by atoms with Crippen LogP contribution in [0.3, 0.4) is 0 Å². The van der Waals surface area contributed by atoms with Crippen LogP contribution in [0.4, 0.5) is 5.69 Å². The Morgan fingerprint density at radius 3 is 2.62 bits per heavy atom. The number of nitrogens with zero attached hydrogens (tertiary/aromatic N) is 3. The molecular formula is C16H15N3O2. The van der Waals surface area contributed by atoms with Crippen molar-refractivity contribution in [2.75, 3.05) is 11.4 Å². The summed E-state index contributed by atoms with van der Waals surface area (Å²) in [5, 5.41) is 17.7. The number of hydrogen-bond donors (Lipinski definition) is 1. The monoisotopic (exact) mass is 281 g/mol. The number of carbonyl (C=O) groups is 1. The molecule has 106 valence electrons. The molecule has 0 atom stereocenters. The van der Waals surface area contributed by atoms with E-state index in [1.54, 1.807) is 36.7 Å². The Bertz CT molecular complexity index is 633. The molecule has 0 bridgehead atoms. The topological polar surface area (TPSA) is 77.2 Å². The molecule has 2 rings (SSSR count). The average molecular weight is 281 g/mol. The fourth-order valence-corrected chi connectivity index (χ4v) is 2.01. The van der Waals surface area contributed by atoms with Crippen LogP contribution in [-0.2, 0) is 6.54 Å². The summed E-state index contributed by atoms with van der Waals surface area (Å²) in [5.41, 5.74) is 2.18. The molecule has 0 saturated heterocycles. The Morgan fingerprint density at radius 1 is 1.29 bits per heavy atom. The van der Waals surface area contributed by atoms with Gasteiger partial charge in [0.1, 0.15) is 0 Å². The van der Waals surface area contributed by atoms with Crippen LogP contribution in [0.15, 0.2) is 48.8 Å². The zero-order valence-corrected chi connectivity index (χ0v) is 11.4. The number of benzene rings is 1. The lowest BCUT2D eigenvalue weighted by atomic mass is 10.1. The lowest BCUT2D eigenvalue weighted by Crippen LogP contribution is -2.23. The van der Waals surface area contributed by atoms with E-state index < -0.39 is 5.97 Å². The first-order valence-electron chi connectivity index (χ1n) is 6.55. The zero-order chi connectivity index (χ0) is 15.1. The van der Waals surface area contributed by atoms with Crippen LogP contribution in [-0.4, -0.2) is 22.6 Å². The molecule has 0 radical (unpaired) electrons. The van der Waals surface area contributed by atoms with Gasteiger partial charge >= 0.3 is 5.97 Å². The summed E-state index contributed by atoms with van der Waals surface area (Å²) in [7, 11) is 0. The predicted octanol–water partition coefficient (Wildman–Crippen LogP) is 2.70. The molecule has 1 heterocycles. The highest BCUT2D eigenvalue weighted by Gasteiger charge is 2.09. The third-order valence-corrected chi connectivity index (χ3v) is 3.07. The van der Waals surface area contributed by atoms with Gasteiger partial charge in [-0.05, 0) is 35.9 Å². The molecule has 0 unspecified atom stereocenters. The van der Waals surface area contributed by atoms with Crippen molar-refractivity contribution >= 4 is 11.7 Å². The molecule has 5 nitrogen and oxygen atoms in total. The summed E-state index contributed by atoms with van der Waals surface area (Å²) >= 11 is 0. The van der Waals surface area contributed by atoms with Crippen molar-refractivity contribution in [3.05, 3.63) is 59.9 Å². The molecule has 5 heteroatoms. The number of pyridine rings is 1. The molecule has 1 aromatic heterocycles. The van der Waals surface area contributed by atoms with E-state index in [4.69, 9.17) is 10.4 Å². The Hall–Kier alpha value is -2.87. The second-order valence-electron chi connectivity index (χ2n) is 4.54. The van der Waals surface area contributed by atoms with Gasteiger partial charge in [0.2, 0.25) is 0 Å². The van der Waals surface area contributed by atoms with Crippen LogP contribution >= 0.6 is 0 Å². The minimum Gasteiger partial charge on any atom is -0.478 e. The van der Waals surface area contributed by atoms with Crippen molar-refractivity contribution in [1.29, 1.82) is 5.26 Å². The maximum Gasteiger partial charge on any atom is 0.335 e. The number of carboxylic acid groups (broad SMARTS) is 1. The third kappa shape index (κ3) is 4.05. The fraction of sp³-hybridized carbons (Fsp3) is 0.188. The second-order valence-corrected chi connectivity index (χ2v) is 4.54. The number of carboxylic acids is 1. The molecule has 0 aliphatic rings. The van der Waals surface area contributed by atoms with Crippen LogP contribution in [0.25, 0.3) is 0 Å². The van der Waals surface area contributed by atoms with Crippen LogP contribution < -0.4 is 4.90 Å². The molecule has 0 fully saturated rings. The van der Waals surface area contributed by atoms with E-state index in [1.807, 2.05) is 17.0 Å². The number of hydrogen-bond acceptors (Lipinski definition) is 4. The summed E-state index contributed by atoms with van der Waals surface area (Å²) in [5.74, 6) is -0.947. The Kier molecular flexibility index (Phi) is 4.89. The standard InChI is InChI=1S/C16H15N3O2/c17-8-2-10-19(12-13-3-1-9-18-11-13)15-6-4-14(5-7-15)16(20)21/h1,3-7,9,11H,2,10,12H2,(H,20,21). The number of aromatic carboxylic acids is 1. The van der Waals surface area contributed by atoms with Crippen LogP contribution in [0.1, 0.15) is 22.3 Å². The molecule has 0 amide bonds. The smallest absolute Gasteiger partial charge is 0.335 e. The molecule has 0 saturated carbocycles. The highest BCUT2D eigenvalue weighted by atomic mass is 16.4. The summed E-state index contributed by atoms with van der Waals surface area (Å²) in [6, 6.07) is 12.6. The van der Waals surface area contributed by atoms with Gasteiger partial charge in [-0.3, -0.25) is 4.98 Å². The first-order valence-corrected chi connectivity index (χ1v) is 6.55. The van der Waals surface area contributed by atoms with Gasteiger partial charge in [-0.15, -0.1) is 0 Å². The second kappa shape index (κ2) is 7.06. The van der Waals surface area contributed by atoms with Gasteiger partial charge in [0, 0.05) is 31.2 Å². The molecule has 0 spiro atoms. The van der Waals surface area contributed by atoms with E-state index in [2.05, 4.69) is 11.1 Å². The van der Waals surface area contributed by atoms with E-state index in [-0.39, 0.29) is 5.56 Å². The van der Waals surface area contributed by atoms with Crippen LogP contribution in [0, 0.1) is 11.3 Å². The zero-order valence-electron chi connectivity index (χ0n) is 11.4. The number of anilines is 1.